The monoisotopic (exact) mass is 505 g/mol. The van der Waals surface area contributed by atoms with E-state index in [9.17, 15) is 0 Å². The first-order valence-corrected chi connectivity index (χ1v) is 9.63. The molecule has 7 heteroatoms. The molecule has 154 valence electrons. The number of piperazine rings is 1. The van der Waals surface area contributed by atoms with Crippen LogP contribution in [0.4, 0.5) is 0 Å². The molecule has 1 saturated heterocycles. The van der Waals surface area contributed by atoms with Crippen molar-refractivity contribution >= 4 is 29.9 Å². The SMILES string of the molecule is CN=C(NCc1cccc(C#N)c1)N1CCN(CCOc2ccccc2)CC1.I. The summed E-state index contributed by atoms with van der Waals surface area (Å²) in [6.45, 7) is 6.13. The number of nitrogens with zero attached hydrogens (tertiary/aromatic N) is 4. The predicted molar refractivity (Wildman–Crippen MR) is 127 cm³/mol. The summed E-state index contributed by atoms with van der Waals surface area (Å²) in [6.07, 6.45) is 0. The van der Waals surface area contributed by atoms with Gasteiger partial charge in [0.1, 0.15) is 12.4 Å². The summed E-state index contributed by atoms with van der Waals surface area (Å²) in [4.78, 5) is 9.12. The highest BCUT2D eigenvalue weighted by atomic mass is 127. The van der Waals surface area contributed by atoms with Gasteiger partial charge in [-0.25, -0.2) is 0 Å². The summed E-state index contributed by atoms with van der Waals surface area (Å²) in [5.41, 5.74) is 1.76. The van der Waals surface area contributed by atoms with Crippen molar-refractivity contribution in [2.45, 2.75) is 6.54 Å². The number of para-hydroxylation sites is 1. The molecule has 0 saturated carbocycles. The van der Waals surface area contributed by atoms with Crippen LogP contribution in [0.15, 0.2) is 59.6 Å². The lowest BCUT2D eigenvalue weighted by Crippen LogP contribution is -2.52. The second-order valence-electron chi connectivity index (χ2n) is 6.70. The highest BCUT2D eigenvalue weighted by Gasteiger charge is 2.19. The number of benzene rings is 2. The Hall–Kier alpha value is -2.31. The van der Waals surface area contributed by atoms with E-state index in [-0.39, 0.29) is 24.0 Å². The topological polar surface area (TPSA) is 63.9 Å². The molecule has 0 aromatic heterocycles. The van der Waals surface area contributed by atoms with Crippen molar-refractivity contribution in [3.8, 4) is 11.8 Å². The summed E-state index contributed by atoms with van der Waals surface area (Å²) in [5.74, 6) is 1.83. The van der Waals surface area contributed by atoms with Gasteiger partial charge in [0.15, 0.2) is 5.96 Å². The lowest BCUT2D eigenvalue weighted by Gasteiger charge is -2.36. The molecule has 0 aliphatic carbocycles. The maximum Gasteiger partial charge on any atom is 0.194 e. The average Bonchev–Trinajstić information content (AvgIpc) is 2.76. The Morgan fingerprint density at radius 1 is 1.10 bits per heavy atom. The molecule has 1 fully saturated rings. The summed E-state index contributed by atoms with van der Waals surface area (Å²) in [5, 5.41) is 12.4. The zero-order chi connectivity index (χ0) is 19.6. The van der Waals surface area contributed by atoms with E-state index in [4.69, 9.17) is 10.00 Å². The molecule has 6 nitrogen and oxygen atoms in total. The Bertz CT molecular complexity index is 813. The van der Waals surface area contributed by atoms with Crippen LogP contribution in [0.1, 0.15) is 11.1 Å². The summed E-state index contributed by atoms with van der Waals surface area (Å²) in [6, 6.07) is 19.8. The van der Waals surface area contributed by atoms with Gasteiger partial charge in [0.2, 0.25) is 0 Å². The number of hydrogen-bond donors (Lipinski definition) is 1. The van der Waals surface area contributed by atoms with E-state index < -0.39 is 0 Å². The molecule has 0 bridgehead atoms. The highest BCUT2D eigenvalue weighted by molar-refractivity contribution is 14.0. The van der Waals surface area contributed by atoms with Crippen molar-refractivity contribution in [2.24, 2.45) is 4.99 Å². The van der Waals surface area contributed by atoms with Crippen molar-refractivity contribution in [1.29, 1.82) is 5.26 Å². The average molecular weight is 505 g/mol. The van der Waals surface area contributed by atoms with Crippen LogP contribution in [-0.2, 0) is 6.54 Å². The van der Waals surface area contributed by atoms with Crippen LogP contribution in [0.3, 0.4) is 0 Å². The fourth-order valence-electron chi connectivity index (χ4n) is 3.26. The van der Waals surface area contributed by atoms with Crippen molar-refractivity contribution in [1.82, 2.24) is 15.1 Å². The zero-order valence-corrected chi connectivity index (χ0v) is 19.1. The third-order valence-corrected chi connectivity index (χ3v) is 4.81. The molecule has 29 heavy (non-hydrogen) atoms. The van der Waals surface area contributed by atoms with Gasteiger partial charge in [-0.3, -0.25) is 9.89 Å². The number of halogens is 1. The van der Waals surface area contributed by atoms with E-state index in [1.54, 1.807) is 0 Å². The highest BCUT2D eigenvalue weighted by Crippen LogP contribution is 2.09. The Morgan fingerprint density at radius 2 is 1.86 bits per heavy atom. The fraction of sp³-hybridized carbons (Fsp3) is 0.364. The number of aliphatic imine (C=N–C) groups is 1. The molecular weight excluding hydrogens is 477 g/mol. The number of rotatable bonds is 6. The maximum absolute atomic E-state index is 9.02. The normalized spacial score (nSPS) is 14.6. The molecule has 1 heterocycles. The van der Waals surface area contributed by atoms with Crippen LogP contribution in [0, 0.1) is 11.3 Å². The third-order valence-electron chi connectivity index (χ3n) is 4.81. The van der Waals surface area contributed by atoms with Crippen molar-refractivity contribution in [2.75, 3.05) is 46.4 Å². The fourth-order valence-corrected chi connectivity index (χ4v) is 3.26. The van der Waals surface area contributed by atoms with Crippen LogP contribution < -0.4 is 10.1 Å². The van der Waals surface area contributed by atoms with Crippen LogP contribution >= 0.6 is 24.0 Å². The summed E-state index contributed by atoms with van der Waals surface area (Å²) < 4.78 is 5.80. The van der Waals surface area contributed by atoms with Gasteiger partial charge in [-0.05, 0) is 29.8 Å². The second-order valence-corrected chi connectivity index (χ2v) is 6.70. The lowest BCUT2D eigenvalue weighted by molar-refractivity contribution is 0.152. The molecule has 1 aliphatic rings. The Morgan fingerprint density at radius 3 is 2.55 bits per heavy atom. The van der Waals surface area contributed by atoms with E-state index in [1.807, 2.05) is 61.6 Å². The predicted octanol–water partition coefficient (Wildman–Crippen LogP) is 2.95. The minimum Gasteiger partial charge on any atom is -0.492 e. The van der Waals surface area contributed by atoms with Crippen molar-refractivity contribution in [3.63, 3.8) is 0 Å². The van der Waals surface area contributed by atoms with E-state index >= 15 is 0 Å². The van der Waals surface area contributed by atoms with Crippen LogP contribution in [0.5, 0.6) is 5.75 Å². The van der Waals surface area contributed by atoms with Gasteiger partial charge in [-0.1, -0.05) is 30.3 Å². The molecule has 2 aromatic rings. The molecule has 0 spiro atoms. The molecular formula is C22H28IN5O. The Kier molecular flexibility index (Phi) is 9.74. The Balaban J connectivity index is 0.00000300. The summed E-state index contributed by atoms with van der Waals surface area (Å²) >= 11 is 0. The number of guanidine groups is 1. The molecule has 3 rings (SSSR count). The molecule has 0 unspecified atom stereocenters. The third kappa shape index (κ3) is 7.22. The zero-order valence-electron chi connectivity index (χ0n) is 16.8. The standard InChI is InChI=1S/C22H27N5O.HI/c1-24-22(25-18-20-7-5-6-19(16-20)17-23)27-12-10-26(11-13-27)14-15-28-21-8-3-2-4-9-21;/h2-9,16H,10-15,18H2,1H3,(H,24,25);1H. The first-order valence-electron chi connectivity index (χ1n) is 9.63. The van der Waals surface area contributed by atoms with Gasteiger partial charge < -0.3 is 15.0 Å². The molecule has 0 amide bonds. The van der Waals surface area contributed by atoms with E-state index in [2.05, 4.69) is 26.2 Å². The first kappa shape index (κ1) is 23.0. The van der Waals surface area contributed by atoms with Gasteiger partial charge in [-0.15, -0.1) is 24.0 Å². The van der Waals surface area contributed by atoms with Gasteiger partial charge in [-0.2, -0.15) is 5.26 Å². The number of nitrogens with one attached hydrogen (secondary N) is 1. The minimum atomic E-state index is 0. The van der Waals surface area contributed by atoms with Gasteiger partial charge >= 0.3 is 0 Å². The van der Waals surface area contributed by atoms with Crippen molar-refractivity contribution < 1.29 is 4.74 Å². The smallest absolute Gasteiger partial charge is 0.194 e. The molecule has 1 aliphatic heterocycles. The number of hydrogen-bond acceptors (Lipinski definition) is 4. The quantitative estimate of drug-likeness (QED) is 0.372. The number of nitriles is 1. The van der Waals surface area contributed by atoms with Crippen molar-refractivity contribution in [3.05, 3.63) is 65.7 Å². The van der Waals surface area contributed by atoms with Gasteiger partial charge in [0.25, 0.3) is 0 Å². The molecule has 2 aromatic carbocycles. The van der Waals surface area contributed by atoms with E-state index in [1.165, 1.54) is 0 Å². The molecule has 0 radical (unpaired) electrons. The Labute approximate surface area is 190 Å². The molecule has 1 N–H and O–H groups in total. The minimum absolute atomic E-state index is 0. The van der Waals surface area contributed by atoms with E-state index in [0.717, 1.165) is 50.0 Å². The van der Waals surface area contributed by atoms with Gasteiger partial charge in [0.05, 0.1) is 11.6 Å². The largest absolute Gasteiger partial charge is 0.492 e. The second kappa shape index (κ2) is 12.3. The summed E-state index contributed by atoms with van der Waals surface area (Å²) in [7, 11) is 1.81. The van der Waals surface area contributed by atoms with Crippen LogP contribution in [-0.4, -0.2) is 62.1 Å². The maximum atomic E-state index is 9.02. The van der Waals surface area contributed by atoms with Gasteiger partial charge in [0, 0.05) is 46.3 Å². The molecule has 0 atom stereocenters. The van der Waals surface area contributed by atoms with Crippen LogP contribution in [0.25, 0.3) is 0 Å². The van der Waals surface area contributed by atoms with Crippen LogP contribution in [0.2, 0.25) is 0 Å². The number of ether oxygens (including phenoxy) is 1. The lowest BCUT2D eigenvalue weighted by atomic mass is 10.1. The van der Waals surface area contributed by atoms with E-state index in [0.29, 0.717) is 18.7 Å². The first-order chi connectivity index (χ1) is 13.8.